The van der Waals surface area contributed by atoms with Crippen molar-refractivity contribution in [1.82, 2.24) is 10.2 Å². The summed E-state index contributed by atoms with van der Waals surface area (Å²) in [6, 6.07) is 7.43. The number of nitrogens with zero attached hydrogens (tertiary/aromatic N) is 1. The summed E-state index contributed by atoms with van der Waals surface area (Å²) < 4.78 is 0. The molecule has 2 atom stereocenters. The van der Waals surface area contributed by atoms with E-state index in [4.69, 9.17) is 11.6 Å². The maximum absolute atomic E-state index is 6.06. The molecule has 1 aromatic rings. The molecule has 2 aliphatic rings. The van der Waals surface area contributed by atoms with Crippen molar-refractivity contribution in [3.05, 3.63) is 34.3 Å². The van der Waals surface area contributed by atoms with Gasteiger partial charge in [0.05, 0.1) is 0 Å². The highest BCUT2D eigenvalue weighted by Gasteiger charge is 2.24. The van der Waals surface area contributed by atoms with E-state index >= 15 is 0 Å². The van der Waals surface area contributed by atoms with Crippen molar-refractivity contribution in [1.29, 1.82) is 0 Å². The average Bonchev–Trinajstić information content (AvgIpc) is 2.99. The Morgan fingerprint density at radius 2 is 2.16 bits per heavy atom. The Morgan fingerprint density at radius 3 is 2.95 bits per heavy atom. The number of rotatable bonds is 4. The second-order valence-electron chi connectivity index (χ2n) is 6.01. The maximum atomic E-state index is 6.06. The molecule has 104 valence electrons. The van der Waals surface area contributed by atoms with Gasteiger partial charge in [-0.2, -0.15) is 0 Å². The van der Waals surface area contributed by atoms with Crippen LogP contribution in [-0.4, -0.2) is 30.6 Å². The number of fused-ring (bicyclic) bond motifs is 1. The van der Waals surface area contributed by atoms with Crippen molar-refractivity contribution in [3.8, 4) is 0 Å². The fourth-order valence-electron chi connectivity index (χ4n) is 3.51. The summed E-state index contributed by atoms with van der Waals surface area (Å²) in [6.45, 7) is 6.05. The van der Waals surface area contributed by atoms with Crippen LogP contribution < -0.4 is 5.32 Å². The lowest BCUT2D eigenvalue weighted by Gasteiger charge is -2.25. The number of likely N-dealkylation sites (tertiary alicyclic amines) is 1. The molecule has 1 aromatic carbocycles. The first-order valence-electron chi connectivity index (χ1n) is 7.49. The zero-order valence-electron chi connectivity index (χ0n) is 11.7. The van der Waals surface area contributed by atoms with Crippen LogP contribution in [0.25, 0.3) is 0 Å². The lowest BCUT2D eigenvalue weighted by atomic mass is 10.1. The van der Waals surface area contributed by atoms with E-state index in [9.17, 15) is 0 Å². The fraction of sp³-hybridized carbons (Fsp3) is 0.625. The largest absolute Gasteiger partial charge is 0.306 e. The van der Waals surface area contributed by atoms with E-state index in [0.717, 1.165) is 11.4 Å². The molecule has 2 unspecified atom stereocenters. The molecule has 1 N–H and O–H groups in total. The van der Waals surface area contributed by atoms with Gasteiger partial charge in [0.2, 0.25) is 0 Å². The molecular formula is C16H23ClN2. The molecule has 1 fully saturated rings. The molecule has 1 saturated heterocycles. The van der Waals surface area contributed by atoms with Crippen LogP contribution in [0.4, 0.5) is 0 Å². The molecule has 0 bridgehead atoms. The number of nitrogens with one attached hydrogen (secondary N) is 1. The molecule has 1 aliphatic heterocycles. The minimum Gasteiger partial charge on any atom is -0.306 e. The molecule has 0 radical (unpaired) electrons. The molecule has 1 heterocycles. The Balaban J connectivity index is 1.59. The average molecular weight is 279 g/mol. The normalized spacial score (nSPS) is 24.6. The highest BCUT2D eigenvalue weighted by molar-refractivity contribution is 6.30. The van der Waals surface area contributed by atoms with E-state index < -0.39 is 0 Å². The smallest absolute Gasteiger partial charge is 0.0408 e. The van der Waals surface area contributed by atoms with Crippen LogP contribution in [0.5, 0.6) is 0 Å². The minimum atomic E-state index is 0.518. The third-order valence-electron chi connectivity index (χ3n) is 4.40. The number of hydrogen-bond donors (Lipinski definition) is 1. The van der Waals surface area contributed by atoms with Crippen LogP contribution in [0, 0.1) is 0 Å². The second-order valence-corrected chi connectivity index (χ2v) is 6.45. The molecule has 1 aliphatic carbocycles. The standard InChI is InChI=1S/C16H23ClN2/c1-12(11-19-8-2-3-9-19)18-16-7-4-13-10-14(17)5-6-15(13)16/h5-6,10,12,16,18H,2-4,7-9,11H2,1H3. The molecular weight excluding hydrogens is 256 g/mol. The van der Waals surface area contributed by atoms with Crippen molar-refractivity contribution in [2.24, 2.45) is 0 Å². The van der Waals surface area contributed by atoms with Gasteiger partial charge in [0, 0.05) is 23.7 Å². The van der Waals surface area contributed by atoms with Crippen molar-refractivity contribution in [2.45, 2.75) is 44.7 Å². The summed E-state index contributed by atoms with van der Waals surface area (Å²) in [5, 5.41) is 4.66. The van der Waals surface area contributed by atoms with E-state index in [-0.39, 0.29) is 0 Å². The van der Waals surface area contributed by atoms with E-state index in [1.54, 1.807) is 0 Å². The molecule has 0 saturated carbocycles. The SMILES string of the molecule is CC(CN1CCCC1)NC1CCc2cc(Cl)ccc21. The highest BCUT2D eigenvalue weighted by Crippen LogP contribution is 2.33. The van der Waals surface area contributed by atoms with Crippen LogP contribution >= 0.6 is 11.6 Å². The van der Waals surface area contributed by atoms with Gasteiger partial charge in [-0.1, -0.05) is 17.7 Å². The topological polar surface area (TPSA) is 15.3 Å². The maximum Gasteiger partial charge on any atom is 0.0408 e. The Kier molecular flexibility index (Phi) is 4.11. The second kappa shape index (κ2) is 5.82. The summed E-state index contributed by atoms with van der Waals surface area (Å²) >= 11 is 6.06. The molecule has 0 amide bonds. The number of hydrogen-bond acceptors (Lipinski definition) is 2. The van der Waals surface area contributed by atoms with Crippen LogP contribution in [0.1, 0.15) is 43.4 Å². The van der Waals surface area contributed by atoms with Crippen LogP contribution in [0.3, 0.4) is 0 Å². The summed E-state index contributed by atoms with van der Waals surface area (Å²) in [5.41, 5.74) is 2.89. The van der Waals surface area contributed by atoms with E-state index in [1.165, 1.54) is 50.0 Å². The van der Waals surface area contributed by atoms with E-state index in [2.05, 4.69) is 29.3 Å². The first-order valence-corrected chi connectivity index (χ1v) is 7.87. The third-order valence-corrected chi connectivity index (χ3v) is 4.63. The monoisotopic (exact) mass is 278 g/mol. The predicted molar refractivity (Wildman–Crippen MR) is 80.8 cm³/mol. The summed E-state index contributed by atoms with van der Waals surface area (Å²) in [4.78, 5) is 2.58. The van der Waals surface area contributed by atoms with Crippen LogP contribution in [-0.2, 0) is 6.42 Å². The van der Waals surface area contributed by atoms with Crippen molar-refractivity contribution in [3.63, 3.8) is 0 Å². The number of benzene rings is 1. The number of aryl methyl sites for hydroxylation is 1. The molecule has 19 heavy (non-hydrogen) atoms. The minimum absolute atomic E-state index is 0.518. The van der Waals surface area contributed by atoms with Gasteiger partial charge in [-0.3, -0.25) is 0 Å². The van der Waals surface area contributed by atoms with Crippen molar-refractivity contribution < 1.29 is 0 Å². The van der Waals surface area contributed by atoms with Gasteiger partial charge in [-0.15, -0.1) is 0 Å². The van der Waals surface area contributed by atoms with E-state index in [0.29, 0.717) is 12.1 Å². The van der Waals surface area contributed by atoms with Gasteiger partial charge in [0.25, 0.3) is 0 Å². The van der Waals surface area contributed by atoms with Gasteiger partial charge in [-0.05, 0) is 69.0 Å². The number of halogens is 1. The quantitative estimate of drug-likeness (QED) is 0.908. The van der Waals surface area contributed by atoms with E-state index in [1.807, 2.05) is 6.07 Å². The Bertz CT molecular complexity index is 440. The Labute approximate surface area is 121 Å². The summed E-state index contributed by atoms with van der Waals surface area (Å²) in [5.74, 6) is 0. The highest BCUT2D eigenvalue weighted by atomic mass is 35.5. The van der Waals surface area contributed by atoms with Gasteiger partial charge in [0.15, 0.2) is 0 Å². The summed E-state index contributed by atoms with van der Waals surface area (Å²) in [6.07, 6.45) is 5.11. The summed E-state index contributed by atoms with van der Waals surface area (Å²) in [7, 11) is 0. The lowest BCUT2D eigenvalue weighted by Crippen LogP contribution is -2.39. The first-order chi connectivity index (χ1) is 9.22. The van der Waals surface area contributed by atoms with Crippen molar-refractivity contribution in [2.75, 3.05) is 19.6 Å². The molecule has 0 aromatic heterocycles. The molecule has 0 spiro atoms. The van der Waals surface area contributed by atoms with Gasteiger partial charge in [0.1, 0.15) is 0 Å². The zero-order chi connectivity index (χ0) is 13.2. The van der Waals surface area contributed by atoms with Crippen LogP contribution in [0.15, 0.2) is 18.2 Å². The molecule has 2 nitrogen and oxygen atoms in total. The fourth-order valence-corrected chi connectivity index (χ4v) is 3.70. The van der Waals surface area contributed by atoms with Gasteiger partial charge < -0.3 is 10.2 Å². The van der Waals surface area contributed by atoms with Gasteiger partial charge in [-0.25, -0.2) is 0 Å². The van der Waals surface area contributed by atoms with Crippen molar-refractivity contribution >= 4 is 11.6 Å². The third kappa shape index (κ3) is 3.13. The lowest BCUT2D eigenvalue weighted by molar-refractivity contribution is 0.286. The van der Waals surface area contributed by atoms with Crippen LogP contribution in [0.2, 0.25) is 5.02 Å². The van der Waals surface area contributed by atoms with Gasteiger partial charge >= 0.3 is 0 Å². The molecule has 3 heteroatoms. The first kappa shape index (κ1) is 13.4. The predicted octanol–water partition coefficient (Wildman–Crippen LogP) is 3.40. The molecule has 3 rings (SSSR count). The Hall–Kier alpha value is -0.570. The zero-order valence-corrected chi connectivity index (χ0v) is 12.4. The Morgan fingerprint density at radius 1 is 1.37 bits per heavy atom.